The van der Waals surface area contributed by atoms with E-state index < -0.39 is 11.0 Å². The smallest absolute Gasteiger partial charge is 0.122 e. The molecular formula is C10H13BrN2OS. The van der Waals surface area contributed by atoms with Gasteiger partial charge < -0.3 is 0 Å². The molecule has 1 heterocycles. The van der Waals surface area contributed by atoms with Crippen molar-refractivity contribution in [3.8, 4) is 0 Å². The van der Waals surface area contributed by atoms with Crippen LogP contribution in [-0.2, 0) is 11.0 Å². The summed E-state index contributed by atoms with van der Waals surface area (Å²) >= 11 is 3.38. The Morgan fingerprint density at radius 2 is 2.27 bits per heavy atom. The number of pyridine rings is 1. The van der Waals surface area contributed by atoms with Crippen molar-refractivity contribution >= 4 is 32.6 Å². The highest BCUT2D eigenvalue weighted by Gasteiger charge is 2.31. The van der Waals surface area contributed by atoms with Crippen molar-refractivity contribution in [3.05, 3.63) is 22.4 Å². The predicted octanol–water partition coefficient (Wildman–Crippen LogP) is 2.41. The average Bonchev–Trinajstić information content (AvgIpc) is 3.03. The lowest BCUT2D eigenvalue weighted by atomic mass is 10.3. The Hall–Kier alpha value is -0.420. The molecule has 1 aromatic heterocycles. The minimum Gasteiger partial charge on any atom is -0.293 e. The first-order valence-corrected chi connectivity index (χ1v) is 6.82. The Morgan fingerprint density at radius 3 is 2.87 bits per heavy atom. The molecule has 82 valence electrons. The first kappa shape index (κ1) is 11.1. The van der Waals surface area contributed by atoms with Crippen molar-refractivity contribution in [2.75, 3.05) is 11.4 Å². The molecule has 0 aromatic carbocycles. The monoisotopic (exact) mass is 288 g/mol. The van der Waals surface area contributed by atoms with Gasteiger partial charge in [0, 0.05) is 17.7 Å². The Morgan fingerprint density at radius 1 is 1.60 bits per heavy atom. The van der Waals surface area contributed by atoms with Crippen molar-refractivity contribution in [1.82, 2.24) is 4.98 Å². The Labute approximate surface area is 101 Å². The first-order chi connectivity index (χ1) is 7.09. The zero-order valence-electron chi connectivity index (χ0n) is 8.74. The molecule has 1 aliphatic carbocycles. The number of anilines is 1. The third-order valence-corrected chi connectivity index (χ3v) is 4.66. The highest BCUT2D eigenvalue weighted by Crippen LogP contribution is 2.31. The Balaban J connectivity index is 2.27. The van der Waals surface area contributed by atoms with Crippen LogP contribution in [0.15, 0.2) is 16.7 Å². The zero-order chi connectivity index (χ0) is 11.0. The van der Waals surface area contributed by atoms with Crippen LogP contribution in [0.5, 0.6) is 0 Å². The maximum absolute atomic E-state index is 12.0. The minimum atomic E-state index is -0.902. The molecule has 1 aromatic rings. The van der Waals surface area contributed by atoms with Crippen molar-refractivity contribution in [1.29, 1.82) is 0 Å². The third kappa shape index (κ3) is 2.39. The number of aromatic nitrogens is 1. The number of rotatable bonds is 3. The summed E-state index contributed by atoms with van der Waals surface area (Å²) in [7, 11) is 0.964. The van der Waals surface area contributed by atoms with Gasteiger partial charge in [-0.05, 0) is 41.8 Å². The van der Waals surface area contributed by atoms with Gasteiger partial charge in [-0.1, -0.05) is 0 Å². The Kier molecular flexibility index (Phi) is 3.11. The van der Waals surface area contributed by atoms with E-state index in [4.69, 9.17) is 0 Å². The van der Waals surface area contributed by atoms with Gasteiger partial charge in [-0.2, -0.15) is 0 Å². The van der Waals surface area contributed by atoms with Gasteiger partial charge in [0.1, 0.15) is 11.0 Å². The summed E-state index contributed by atoms with van der Waals surface area (Å²) in [6.07, 6.45) is 3.92. The van der Waals surface area contributed by atoms with Gasteiger partial charge in [0.25, 0.3) is 0 Å². The molecule has 15 heavy (non-hydrogen) atoms. The van der Waals surface area contributed by atoms with Gasteiger partial charge >= 0.3 is 0 Å². The molecule has 5 heteroatoms. The lowest BCUT2D eigenvalue weighted by molar-refractivity contribution is 0.681. The van der Waals surface area contributed by atoms with Crippen molar-refractivity contribution in [2.24, 2.45) is 0 Å². The van der Waals surface area contributed by atoms with Crippen LogP contribution >= 0.6 is 15.9 Å². The molecule has 0 radical (unpaired) electrons. The van der Waals surface area contributed by atoms with E-state index in [-0.39, 0.29) is 0 Å². The SMILES string of the molecule is Cc1ncc(Br)cc1N(C)S(=O)C1CC1. The highest BCUT2D eigenvalue weighted by atomic mass is 79.9. The molecule has 0 saturated heterocycles. The third-order valence-electron chi connectivity index (χ3n) is 2.45. The lowest BCUT2D eigenvalue weighted by Crippen LogP contribution is -2.24. The molecule has 2 rings (SSSR count). The van der Waals surface area contributed by atoms with E-state index >= 15 is 0 Å². The topological polar surface area (TPSA) is 33.2 Å². The van der Waals surface area contributed by atoms with Crippen LogP contribution in [0, 0.1) is 6.92 Å². The molecule has 0 spiro atoms. The molecule has 0 amide bonds. The summed E-state index contributed by atoms with van der Waals surface area (Å²) in [5.41, 5.74) is 1.85. The summed E-state index contributed by atoms with van der Waals surface area (Å²) < 4.78 is 14.7. The number of hydrogen-bond acceptors (Lipinski definition) is 2. The second-order valence-electron chi connectivity index (χ2n) is 3.73. The van der Waals surface area contributed by atoms with E-state index in [0.29, 0.717) is 5.25 Å². The number of hydrogen-bond donors (Lipinski definition) is 0. The molecule has 3 nitrogen and oxygen atoms in total. The van der Waals surface area contributed by atoms with Gasteiger partial charge in [0.15, 0.2) is 0 Å². The number of halogens is 1. The number of aryl methyl sites for hydroxylation is 1. The first-order valence-electron chi connectivity index (χ1n) is 4.86. The van der Waals surface area contributed by atoms with Crippen molar-refractivity contribution in [3.63, 3.8) is 0 Å². The standard InChI is InChI=1S/C10H13BrN2OS/c1-7-10(5-8(11)6-12-7)13(2)15(14)9-3-4-9/h5-6,9H,3-4H2,1-2H3. The van der Waals surface area contributed by atoms with Crippen LogP contribution in [0.25, 0.3) is 0 Å². The normalized spacial score (nSPS) is 17.5. The van der Waals surface area contributed by atoms with Crippen molar-refractivity contribution in [2.45, 2.75) is 25.0 Å². The molecule has 1 atom stereocenters. The maximum atomic E-state index is 12.0. The van der Waals surface area contributed by atoms with Crippen LogP contribution in [0.1, 0.15) is 18.5 Å². The zero-order valence-corrected chi connectivity index (χ0v) is 11.1. The number of nitrogens with zero attached hydrogens (tertiary/aromatic N) is 2. The van der Waals surface area contributed by atoms with Crippen LogP contribution in [0.4, 0.5) is 5.69 Å². The van der Waals surface area contributed by atoms with Gasteiger partial charge in [0.2, 0.25) is 0 Å². The summed E-state index contributed by atoms with van der Waals surface area (Å²) in [5.74, 6) is 0. The van der Waals surface area contributed by atoms with Gasteiger partial charge in [0.05, 0.1) is 16.6 Å². The second kappa shape index (κ2) is 4.22. The fraction of sp³-hybridized carbons (Fsp3) is 0.500. The van der Waals surface area contributed by atoms with Crippen LogP contribution in [-0.4, -0.2) is 21.5 Å². The average molecular weight is 289 g/mol. The summed E-state index contributed by atoms with van der Waals surface area (Å²) in [6.45, 7) is 1.93. The van der Waals surface area contributed by atoms with Crippen LogP contribution < -0.4 is 4.31 Å². The molecule has 1 saturated carbocycles. The Bertz CT molecular complexity index is 406. The molecule has 1 unspecified atom stereocenters. The van der Waals surface area contributed by atoms with Crippen LogP contribution in [0.2, 0.25) is 0 Å². The van der Waals surface area contributed by atoms with E-state index in [2.05, 4.69) is 20.9 Å². The fourth-order valence-electron chi connectivity index (χ4n) is 1.41. The van der Waals surface area contributed by atoms with E-state index in [1.807, 2.05) is 24.3 Å². The fourth-order valence-corrected chi connectivity index (χ4v) is 3.09. The summed E-state index contributed by atoms with van der Waals surface area (Å²) in [4.78, 5) is 4.24. The summed E-state index contributed by atoms with van der Waals surface area (Å²) in [5, 5.41) is 0.355. The van der Waals surface area contributed by atoms with E-state index in [1.54, 1.807) is 6.20 Å². The molecule has 0 N–H and O–H groups in total. The maximum Gasteiger partial charge on any atom is 0.122 e. The van der Waals surface area contributed by atoms with Gasteiger partial charge in [-0.15, -0.1) is 0 Å². The summed E-state index contributed by atoms with van der Waals surface area (Å²) in [6, 6.07) is 1.96. The lowest BCUT2D eigenvalue weighted by Gasteiger charge is -2.19. The van der Waals surface area contributed by atoms with Gasteiger partial charge in [-0.25, -0.2) is 4.21 Å². The van der Waals surface area contributed by atoms with E-state index in [9.17, 15) is 4.21 Å². The molecule has 0 aliphatic heterocycles. The second-order valence-corrected chi connectivity index (χ2v) is 6.41. The van der Waals surface area contributed by atoms with Crippen LogP contribution in [0.3, 0.4) is 0 Å². The molecule has 0 bridgehead atoms. The molecule has 1 aliphatic rings. The van der Waals surface area contributed by atoms with Crippen molar-refractivity contribution < 1.29 is 4.21 Å². The molecule has 1 fully saturated rings. The largest absolute Gasteiger partial charge is 0.293 e. The highest BCUT2D eigenvalue weighted by molar-refractivity contribution is 9.10. The molecular weight excluding hydrogens is 276 g/mol. The van der Waals surface area contributed by atoms with E-state index in [0.717, 1.165) is 28.7 Å². The minimum absolute atomic E-state index is 0.355. The van der Waals surface area contributed by atoms with Gasteiger partial charge in [-0.3, -0.25) is 9.29 Å². The quantitative estimate of drug-likeness (QED) is 0.856. The predicted molar refractivity (Wildman–Crippen MR) is 66.2 cm³/mol. The van der Waals surface area contributed by atoms with E-state index in [1.165, 1.54) is 0 Å².